The predicted molar refractivity (Wildman–Crippen MR) is 86.1 cm³/mol. The van der Waals surface area contributed by atoms with Crippen LogP contribution in [0.5, 0.6) is 0 Å². The highest BCUT2D eigenvalue weighted by atomic mass is 16.5. The molecule has 2 atom stereocenters. The van der Waals surface area contributed by atoms with Crippen LogP contribution >= 0.6 is 0 Å². The topological polar surface area (TPSA) is 74.6 Å². The van der Waals surface area contributed by atoms with Crippen molar-refractivity contribution >= 4 is 5.91 Å². The Labute approximate surface area is 137 Å². The standard InChI is InChI=1S/C17H23N3O3/c1-20(2)7-9-23-16-6-8-22-12-15(16)19-17(21)14-5-3-4-13(10-14)11-18/h3-5,10,15-16H,6-9,12H2,1-2H3,(H,19,21)/t15-,16+/m1/s1. The van der Waals surface area contributed by atoms with Crippen LogP contribution in [0.15, 0.2) is 24.3 Å². The minimum Gasteiger partial charge on any atom is -0.379 e. The maximum atomic E-state index is 12.4. The molecule has 2 rings (SSSR count). The zero-order chi connectivity index (χ0) is 16.7. The number of hydrogen-bond donors (Lipinski definition) is 1. The number of benzene rings is 1. The van der Waals surface area contributed by atoms with Crippen LogP contribution in [0, 0.1) is 11.3 Å². The van der Waals surface area contributed by atoms with Crippen molar-refractivity contribution in [3.8, 4) is 6.07 Å². The van der Waals surface area contributed by atoms with E-state index >= 15 is 0 Å². The van der Waals surface area contributed by atoms with Crippen molar-refractivity contribution < 1.29 is 14.3 Å². The van der Waals surface area contributed by atoms with Gasteiger partial charge in [-0.3, -0.25) is 4.79 Å². The lowest BCUT2D eigenvalue weighted by Crippen LogP contribution is -2.51. The van der Waals surface area contributed by atoms with Crippen molar-refractivity contribution in [3.63, 3.8) is 0 Å². The maximum Gasteiger partial charge on any atom is 0.251 e. The Bertz CT molecular complexity index is 568. The van der Waals surface area contributed by atoms with Gasteiger partial charge in [-0.15, -0.1) is 0 Å². The molecule has 1 N–H and O–H groups in total. The summed E-state index contributed by atoms with van der Waals surface area (Å²) in [6.45, 7) is 2.54. The molecule has 0 aliphatic carbocycles. The number of nitriles is 1. The van der Waals surface area contributed by atoms with Crippen LogP contribution in [-0.2, 0) is 9.47 Å². The van der Waals surface area contributed by atoms with Crippen LogP contribution in [-0.4, -0.2) is 63.4 Å². The number of likely N-dealkylation sites (N-methyl/N-ethyl adjacent to an activating group) is 1. The average molecular weight is 317 g/mol. The first-order valence-electron chi connectivity index (χ1n) is 7.75. The van der Waals surface area contributed by atoms with E-state index in [2.05, 4.69) is 10.2 Å². The summed E-state index contributed by atoms with van der Waals surface area (Å²) in [5.41, 5.74) is 0.943. The minimum atomic E-state index is -0.209. The number of nitrogens with one attached hydrogen (secondary N) is 1. The van der Waals surface area contributed by atoms with Gasteiger partial charge in [-0.05, 0) is 38.7 Å². The van der Waals surface area contributed by atoms with Crippen molar-refractivity contribution in [1.82, 2.24) is 10.2 Å². The van der Waals surface area contributed by atoms with E-state index in [-0.39, 0.29) is 18.1 Å². The molecule has 1 amide bonds. The van der Waals surface area contributed by atoms with Gasteiger partial charge in [0.05, 0.1) is 37.0 Å². The smallest absolute Gasteiger partial charge is 0.251 e. The van der Waals surface area contributed by atoms with E-state index in [1.165, 1.54) is 0 Å². The van der Waals surface area contributed by atoms with E-state index in [9.17, 15) is 4.79 Å². The van der Waals surface area contributed by atoms with Gasteiger partial charge in [0, 0.05) is 18.7 Å². The molecule has 6 nitrogen and oxygen atoms in total. The molecule has 0 saturated carbocycles. The molecule has 1 saturated heterocycles. The maximum absolute atomic E-state index is 12.4. The second-order valence-electron chi connectivity index (χ2n) is 5.85. The van der Waals surface area contributed by atoms with Crippen LogP contribution in [0.3, 0.4) is 0 Å². The molecule has 1 aromatic carbocycles. The molecule has 1 aliphatic heterocycles. The van der Waals surface area contributed by atoms with Crippen LogP contribution in [0.4, 0.5) is 0 Å². The lowest BCUT2D eigenvalue weighted by molar-refractivity contribution is -0.0561. The van der Waals surface area contributed by atoms with Crippen LogP contribution in [0.1, 0.15) is 22.3 Å². The quantitative estimate of drug-likeness (QED) is 0.848. The number of carbonyl (C=O) groups is 1. The Balaban J connectivity index is 1.95. The molecule has 1 aromatic rings. The van der Waals surface area contributed by atoms with Gasteiger partial charge in [0.25, 0.3) is 5.91 Å². The van der Waals surface area contributed by atoms with Crippen LogP contribution in [0.25, 0.3) is 0 Å². The Morgan fingerprint density at radius 3 is 3.09 bits per heavy atom. The Morgan fingerprint density at radius 2 is 2.35 bits per heavy atom. The van der Waals surface area contributed by atoms with Crippen molar-refractivity contribution in [2.45, 2.75) is 18.6 Å². The number of amides is 1. The van der Waals surface area contributed by atoms with Gasteiger partial charge in [0.1, 0.15) is 0 Å². The summed E-state index contributed by atoms with van der Waals surface area (Å²) in [6.07, 6.45) is 0.711. The molecule has 0 bridgehead atoms. The molecule has 1 fully saturated rings. The van der Waals surface area contributed by atoms with Gasteiger partial charge in [-0.25, -0.2) is 0 Å². The fourth-order valence-electron chi connectivity index (χ4n) is 2.42. The van der Waals surface area contributed by atoms with Gasteiger partial charge in [-0.1, -0.05) is 6.07 Å². The van der Waals surface area contributed by atoms with E-state index in [0.29, 0.717) is 30.9 Å². The molecule has 23 heavy (non-hydrogen) atoms. The lowest BCUT2D eigenvalue weighted by Gasteiger charge is -2.32. The third-order valence-corrected chi connectivity index (χ3v) is 3.73. The Morgan fingerprint density at radius 1 is 1.52 bits per heavy atom. The molecule has 0 radical (unpaired) electrons. The number of carbonyl (C=O) groups excluding carboxylic acids is 1. The monoisotopic (exact) mass is 317 g/mol. The third-order valence-electron chi connectivity index (χ3n) is 3.73. The van der Waals surface area contributed by atoms with Crippen molar-refractivity contribution in [2.24, 2.45) is 0 Å². The first-order valence-corrected chi connectivity index (χ1v) is 7.75. The Hall–Kier alpha value is -1.94. The van der Waals surface area contributed by atoms with Crippen LogP contribution < -0.4 is 5.32 Å². The van der Waals surface area contributed by atoms with Gasteiger partial charge in [-0.2, -0.15) is 5.26 Å². The van der Waals surface area contributed by atoms with E-state index in [1.54, 1.807) is 24.3 Å². The van der Waals surface area contributed by atoms with Gasteiger partial charge in [0.2, 0.25) is 0 Å². The molecular formula is C17H23N3O3. The normalized spacial score (nSPS) is 21.0. The van der Waals surface area contributed by atoms with Crippen molar-refractivity contribution in [3.05, 3.63) is 35.4 Å². The number of nitrogens with zero attached hydrogens (tertiary/aromatic N) is 2. The average Bonchev–Trinajstić information content (AvgIpc) is 2.56. The first-order chi connectivity index (χ1) is 11.1. The number of ether oxygens (including phenoxy) is 2. The predicted octanol–water partition coefficient (Wildman–Crippen LogP) is 1.02. The van der Waals surface area contributed by atoms with Gasteiger partial charge in [0.15, 0.2) is 0 Å². The summed E-state index contributed by atoms with van der Waals surface area (Å²) < 4.78 is 11.4. The summed E-state index contributed by atoms with van der Waals surface area (Å²) >= 11 is 0. The zero-order valence-corrected chi connectivity index (χ0v) is 13.6. The molecule has 6 heteroatoms. The first kappa shape index (κ1) is 17.4. The molecule has 0 aromatic heterocycles. The fraction of sp³-hybridized carbons (Fsp3) is 0.529. The summed E-state index contributed by atoms with van der Waals surface area (Å²) in [7, 11) is 3.99. The Kier molecular flexibility index (Phi) is 6.53. The second kappa shape index (κ2) is 8.63. The van der Waals surface area contributed by atoms with E-state index in [1.807, 2.05) is 20.2 Å². The third kappa shape index (κ3) is 5.32. The highest BCUT2D eigenvalue weighted by Gasteiger charge is 2.28. The summed E-state index contributed by atoms with van der Waals surface area (Å²) in [5.74, 6) is -0.209. The summed E-state index contributed by atoms with van der Waals surface area (Å²) in [4.78, 5) is 14.4. The largest absolute Gasteiger partial charge is 0.379 e. The molecule has 0 unspecified atom stereocenters. The van der Waals surface area contributed by atoms with E-state index < -0.39 is 0 Å². The summed E-state index contributed by atoms with van der Waals surface area (Å²) in [5, 5.41) is 11.9. The van der Waals surface area contributed by atoms with Gasteiger partial charge < -0.3 is 19.7 Å². The fourth-order valence-corrected chi connectivity index (χ4v) is 2.42. The molecule has 1 heterocycles. The zero-order valence-electron chi connectivity index (χ0n) is 13.6. The number of rotatable bonds is 6. The van der Waals surface area contributed by atoms with Crippen LogP contribution in [0.2, 0.25) is 0 Å². The van der Waals surface area contributed by atoms with Crippen molar-refractivity contribution in [2.75, 3.05) is 40.5 Å². The molecule has 0 spiro atoms. The SMILES string of the molecule is CN(C)CCO[C@H]1CCOC[C@H]1NC(=O)c1cccc(C#N)c1. The summed E-state index contributed by atoms with van der Waals surface area (Å²) in [6, 6.07) is 8.52. The molecular weight excluding hydrogens is 294 g/mol. The van der Waals surface area contributed by atoms with Gasteiger partial charge >= 0.3 is 0 Å². The molecule has 124 valence electrons. The van der Waals surface area contributed by atoms with E-state index in [0.717, 1.165) is 13.0 Å². The number of hydrogen-bond acceptors (Lipinski definition) is 5. The molecule has 1 aliphatic rings. The second-order valence-corrected chi connectivity index (χ2v) is 5.85. The highest BCUT2D eigenvalue weighted by molar-refractivity contribution is 5.94. The highest BCUT2D eigenvalue weighted by Crippen LogP contribution is 2.13. The minimum absolute atomic E-state index is 0.0493. The van der Waals surface area contributed by atoms with Crippen molar-refractivity contribution in [1.29, 1.82) is 5.26 Å². The lowest BCUT2D eigenvalue weighted by atomic mass is 10.1. The van der Waals surface area contributed by atoms with E-state index in [4.69, 9.17) is 14.7 Å².